The third kappa shape index (κ3) is 41.4. The Labute approximate surface area is 591 Å². The Hall–Kier alpha value is -1.21. The molecule has 0 aliphatic heterocycles. The number of hydrogen-bond donors (Lipinski definition) is 0. The molecule has 89 heavy (non-hydrogen) atoms. The Balaban J connectivity index is 0.000000600. The van der Waals surface area contributed by atoms with Crippen molar-refractivity contribution in [1.29, 1.82) is 0 Å². The van der Waals surface area contributed by atoms with Crippen LogP contribution in [0.25, 0.3) is 21.5 Å². The second kappa shape index (κ2) is 56.0. The Kier molecular flexibility index (Phi) is 52.8. The first-order chi connectivity index (χ1) is 42.9. The van der Waals surface area contributed by atoms with E-state index in [0.717, 1.165) is 96.9 Å². The van der Waals surface area contributed by atoms with Gasteiger partial charge in [0.1, 0.15) is 20.2 Å². The molecule has 0 bridgehead atoms. The maximum atomic E-state index is 12.1. The van der Waals surface area contributed by atoms with Crippen molar-refractivity contribution in [1.82, 2.24) is 0 Å². The van der Waals surface area contributed by atoms with Crippen LogP contribution in [0.15, 0.2) is 70.5 Å². The molecule has 0 saturated carbocycles. The van der Waals surface area contributed by atoms with Gasteiger partial charge in [0.05, 0.1) is 9.79 Å². The van der Waals surface area contributed by atoms with E-state index < -0.39 is 20.2 Å². The molecule has 0 fully saturated rings. The van der Waals surface area contributed by atoms with Crippen molar-refractivity contribution in [2.24, 2.45) is 0 Å². The molecule has 0 radical (unpaired) electrons. The normalized spacial score (nSPS) is 11.8. The summed E-state index contributed by atoms with van der Waals surface area (Å²) < 4.78 is 72.4. The van der Waals surface area contributed by atoms with Gasteiger partial charge < -0.3 is 9.11 Å². The van der Waals surface area contributed by atoms with Crippen LogP contribution in [0, 0.1) is 0 Å². The van der Waals surface area contributed by atoms with Crippen molar-refractivity contribution < 1.29 is 25.9 Å². The second-order valence-electron chi connectivity index (χ2n) is 27.1. The predicted molar refractivity (Wildman–Crippen MR) is 387 cm³/mol. The van der Waals surface area contributed by atoms with Crippen molar-refractivity contribution in [3.05, 3.63) is 82.9 Å². The van der Waals surface area contributed by atoms with Crippen LogP contribution in [0.3, 0.4) is 0 Å². The third-order valence-electron chi connectivity index (χ3n) is 19.1. The van der Waals surface area contributed by atoms with E-state index in [1.165, 1.54) is 306 Å². The topological polar surface area (TPSA) is 114 Å². The molecule has 0 heterocycles. The molecule has 4 aromatic carbocycles. The number of fused-ring (bicyclic) bond motifs is 2. The van der Waals surface area contributed by atoms with Crippen LogP contribution >= 0.6 is 0 Å². The Morgan fingerprint density at radius 1 is 0.236 bits per heavy atom. The van der Waals surface area contributed by atoms with E-state index >= 15 is 0 Å². The zero-order chi connectivity index (χ0) is 63.4. The zero-order valence-electron chi connectivity index (χ0n) is 58.3. The molecule has 0 N–H and O–H groups in total. The van der Waals surface area contributed by atoms with Gasteiger partial charge in [-0.15, -0.1) is 0 Å². The summed E-state index contributed by atoms with van der Waals surface area (Å²) in [5, 5.41) is 4.19. The number of aryl methyl sites for hydroxylation is 4. The summed E-state index contributed by atoms with van der Waals surface area (Å²) in [5.74, 6) is 0. The van der Waals surface area contributed by atoms with Gasteiger partial charge in [-0.05, 0) is 119 Å². The molecule has 6 nitrogen and oxygen atoms in total. The molecule has 0 aromatic heterocycles. The standard InChI is InChI=1S/2C40H68O3S.Ba/c2*1-3-5-7-9-11-13-15-17-19-21-23-25-27-30-36-32-29-33-39-37(34-38(35-40(36)39)44(41,42)43)31-28-26-24-22-20-18-16-14-12-10-8-6-4-2;/h2*29,32-35H,3-28,30-31H2,1-2H3,(H,41,42,43);/q;;+2/p-2. The van der Waals surface area contributed by atoms with E-state index in [-0.39, 0.29) is 58.7 Å². The predicted octanol–water partition coefficient (Wildman–Crippen LogP) is 25.6. The molecule has 504 valence electrons. The average Bonchev–Trinajstić information content (AvgIpc) is 1.39. The summed E-state index contributed by atoms with van der Waals surface area (Å²) in [6.45, 7) is 9.09. The van der Waals surface area contributed by atoms with Crippen LogP contribution in [0.2, 0.25) is 0 Å². The van der Waals surface area contributed by atoms with Crippen LogP contribution in [-0.4, -0.2) is 74.8 Å². The second-order valence-corrected chi connectivity index (χ2v) is 29.8. The van der Waals surface area contributed by atoms with E-state index in [9.17, 15) is 25.9 Å². The molecule has 0 spiro atoms. The number of benzene rings is 4. The molecular formula is C80H134BaO6S2. The molecule has 0 atom stereocenters. The molecule has 0 saturated heterocycles. The SMILES string of the molecule is CCCCCCCCCCCCCCCc1cc(S(=O)(=O)[O-])cc2c(CCCCCCCCCCCCCCC)cccc12.CCCCCCCCCCCCCCCc1cc(S(=O)(=O)[O-])cc2c(CCCCCCCCCCCCCCC)cccc12.[Ba+2]. The van der Waals surface area contributed by atoms with Gasteiger partial charge in [0.25, 0.3) is 0 Å². The van der Waals surface area contributed by atoms with E-state index in [4.69, 9.17) is 0 Å². The minimum absolute atomic E-state index is 0. The van der Waals surface area contributed by atoms with Gasteiger partial charge in [0.2, 0.25) is 0 Å². The van der Waals surface area contributed by atoms with E-state index in [2.05, 4.69) is 64.1 Å². The maximum absolute atomic E-state index is 12.1. The number of rotatable bonds is 58. The molecule has 0 aliphatic carbocycles. The van der Waals surface area contributed by atoms with Crippen LogP contribution in [0.4, 0.5) is 0 Å². The van der Waals surface area contributed by atoms with Gasteiger partial charge in [0.15, 0.2) is 0 Å². The molecular weight excluding hydrogens is 1260 g/mol. The molecule has 4 rings (SSSR count). The smallest absolute Gasteiger partial charge is 0.744 e. The average molecular weight is 1390 g/mol. The van der Waals surface area contributed by atoms with Gasteiger partial charge >= 0.3 is 48.9 Å². The summed E-state index contributed by atoms with van der Waals surface area (Å²) in [6.07, 6.45) is 72.3. The van der Waals surface area contributed by atoms with E-state index in [0.29, 0.717) is 0 Å². The molecule has 9 heteroatoms. The fraction of sp³-hybridized carbons (Fsp3) is 0.750. The Bertz CT molecular complexity index is 2370. The zero-order valence-corrected chi connectivity index (χ0v) is 64.4. The first kappa shape index (κ1) is 83.9. The van der Waals surface area contributed by atoms with Crippen LogP contribution < -0.4 is 0 Å². The van der Waals surface area contributed by atoms with Gasteiger partial charge in [-0.25, -0.2) is 16.8 Å². The Morgan fingerprint density at radius 3 is 0.607 bits per heavy atom. The van der Waals surface area contributed by atoms with E-state index in [1.54, 1.807) is 24.3 Å². The van der Waals surface area contributed by atoms with Crippen molar-refractivity contribution in [2.75, 3.05) is 0 Å². The quantitative estimate of drug-likeness (QED) is 0.0247. The van der Waals surface area contributed by atoms with Gasteiger partial charge in [0, 0.05) is 0 Å². The monoisotopic (exact) mass is 1390 g/mol. The summed E-state index contributed by atoms with van der Waals surface area (Å²) in [7, 11) is -8.98. The van der Waals surface area contributed by atoms with Crippen LogP contribution in [-0.2, 0) is 45.9 Å². The van der Waals surface area contributed by atoms with Crippen LogP contribution in [0.5, 0.6) is 0 Å². The molecule has 0 unspecified atom stereocenters. The first-order valence-electron chi connectivity index (χ1n) is 37.9. The van der Waals surface area contributed by atoms with Crippen molar-refractivity contribution in [3.8, 4) is 0 Å². The van der Waals surface area contributed by atoms with Crippen molar-refractivity contribution >= 4 is 90.7 Å². The third-order valence-corrected chi connectivity index (χ3v) is 20.7. The molecule has 0 amide bonds. The van der Waals surface area contributed by atoms with Gasteiger partial charge in [-0.3, -0.25) is 0 Å². The minimum Gasteiger partial charge on any atom is -0.744 e. The minimum atomic E-state index is -4.49. The number of hydrogen-bond acceptors (Lipinski definition) is 6. The van der Waals surface area contributed by atoms with Crippen LogP contribution in [0.1, 0.15) is 384 Å². The fourth-order valence-corrected chi connectivity index (χ4v) is 14.6. The summed E-state index contributed by atoms with van der Waals surface area (Å²) in [5.41, 5.74) is 4.41. The van der Waals surface area contributed by atoms with Gasteiger partial charge in [-0.2, -0.15) is 0 Å². The largest absolute Gasteiger partial charge is 2.00 e. The fourth-order valence-electron chi connectivity index (χ4n) is 13.5. The molecule has 0 aliphatic rings. The molecule has 4 aromatic rings. The number of unbranched alkanes of at least 4 members (excludes halogenated alkanes) is 48. The van der Waals surface area contributed by atoms with Crippen molar-refractivity contribution in [2.45, 2.75) is 397 Å². The maximum Gasteiger partial charge on any atom is 2.00 e. The summed E-state index contributed by atoms with van der Waals surface area (Å²) in [4.78, 5) is -0.125. The summed E-state index contributed by atoms with van der Waals surface area (Å²) in [6, 6.07) is 19.3. The van der Waals surface area contributed by atoms with Gasteiger partial charge in [-0.1, -0.05) is 372 Å². The first-order valence-corrected chi connectivity index (χ1v) is 40.8. The van der Waals surface area contributed by atoms with E-state index in [1.807, 2.05) is 0 Å². The Morgan fingerprint density at radius 2 is 0.416 bits per heavy atom. The summed E-state index contributed by atoms with van der Waals surface area (Å²) >= 11 is 0. The van der Waals surface area contributed by atoms with Crippen molar-refractivity contribution in [3.63, 3.8) is 0 Å².